The lowest BCUT2D eigenvalue weighted by Gasteiger charge is -2.09. The van der Waals surface area contributed by atoms with Gasteiger partial charge in [-0.2, -0.15) is 13.2 Å². The lowest BCUT2D eigenvalue weighted by atomic mass is 10.3. The van der Waals surface area contributed by atoms with Crippen LogP contribution in [0.5, 0.6) is 0 Å². The summed E-state index contributed by atoms with van der Waals surface area (Å²) in [4.78, 5) is 14.8. The molecule has 0 spiro atoms. The van der Waals surface area contributed by atoms with Crippen molar-refractivity contribution < 1.29 is 22.7 Å². The molecule has 0 aromatic carbocycles. The molecule has 88 valence electrons. The summed E-state index contributed by atoms with van der Waals surface area (Å²) in [6.07, 6.45) is -4.25. The van der Waals surface area contributed by atoms with Gasteiger partial charge >= 0.3 is 12.3 Å². The van der Waals surface area contributed by atoms with Gasteiger partial charge < -0.3 is 4.74 Å². The quantitative estimate of drug-likeness (QED) is 0.855. The maximum Gasteiger partial charge on any atom is 0.422 e. The van der Waals surface area contributed by atoms with Crippen LogP contribution in [0.1, 0.15) is 5.69 Å². The molecule has 1 heterocycles. The number of pyridine rings is 1. The Morgan fingerprint density at radius 3 is 2.81 bits per heavy atom. The Bertz CT molecular complexity index is 379. The number of ether oxygens (including phenoxy) is 1. The normalized spacial score (nSPS) is 11.0. The van der Waals surface area contributed by atoms with E-state index in [2.05, 4.69) is 15.0 Å². The SMILES string of the molecule is Cc1cc(NC(=O)OCC(F)(F)F)ccn1. The van der Waals surface area contributed by atoms with E-state index >= 15 is 0 Å². The number of nitrogens with zero attached hydrogens (tertiary/aromatic N) is 1. The summed E-state index contributed by atoms with van der Waals surface area (Å²) >= 11 is 0. The van der Waals surface area contributed by atoms with Gasteiger partial charge in [0.25, 0.3) is 0 Å². The molecular formula is C9H9F3N2O2. The fraction of sp³-hybridized carbons (Fsp3) is 0.333. The second-order valence-electron chi connectivity index (χ2n) is 3.00. The van der Waals surface area contributed by atoms with E-state index in [9.17, 15) is 18.0 Å². The van der Waals surface area contributed by atoms with Gasteiger partial charge in [-0.25, -0.2) is 4.79 Å². The molecule has 0 radical (unpaired) electrons. The average molecular weight is 234 g/mol. The highest BCUT2D eigenvalue weighted by molar-refractivity contribution is 5.84. The first-order valence-electron chi connectivity index (χ1n) is 4.30. The van der Waals surface area contributed by atoms with Crippen molar-refractivity contribution in [3.63, 3.8) is 0 Å². The lowest BCUT2D eigenvalue weighted by Crippen LogP contribution is -2.23. The lowest BCUT2D eigenvalue weighted by molar-refractivity contribution is -0.159. The number of hydrogen-bond donors (Lipinski definition) is 1. The topological polar surface area (TPSA) is 51.2 Å². The summed E-state index contributed by atoms with van der Waals surface area (Å²) < 4.78 is 39.1. The third kappa shape index (κ3) is 4.63. The molecule has 0 unspecified atom stereocenters. The zero-order valence-corrected chi connectivity index (χ0v) is 8.34. The molecule has 1 aromatic rings. The highest BCUT2D eigenvalue weighted by atomic mass is 19.4. The van der Waals surface area contributed by atoms with Gasteiger partial charge in [-0.05, 0) is 19.1 Å². The Balaban J connectivity index is 2.46. The number of halogens is 3. The smallest absolute Gasteiger partial charge is 0.422 e. The van der Waals surface area contributed by atoms with E-state index in [-0.39, 0.29) is 0 Å². The summed E-state index contributed by atoms with van der Waals surface area (Å²) in [6, 6.07) is 2.96. The van der Waals surface area contributed by atoms with Crippen molar-refractivity contribution in [2.24, 2.45) is 0 Å². The molecule has 0 aliphatic carbocycles. The number of carbonyl (C=O) groups excluding carboxylic acids is 1. The van der Waals surface area contributed by atoms with Crippen LogP contribution in [0.4, 0.5) is 23.7 Å². The van der Waals surface area contributed by atoms with Crippen LogP contribution in [0.2, 0.25) is 0 Å². The molecule has 7 heteroatoms. The third-order valence-corrected chi connectivity index (χ3v) is 1.51. The first-order chi connectivity index (χ1) is 7.37. The molecule has 0 saturated heterocycles. The van der Waals surface area contributed by atoms with Crippen molar-refractivity contribution in [2.45, 2.75) is 13.1 Å². The van der Waals surface area contributed by atoms with Gasteiger partial charge in [-0.15, -0.1) is 0 Å². The number of aromatic nitrogens is 1. The molecule has 0 fully saturated rings. The minimum Gasteiger partial charge on any atom is -0.440 e. The number of rotatable bonds is 2. The maximum atomic E-state index is 11.7. The molecule has 1 N–H and O–H groups in total. The van der Waals surface area contributed by atoms with E-state index in [0.29, 0.717) is 11.4 Å². The molecule has 1 aromatic heterocycles. The van der Waals surface area contributed by atoms with Gasteiger partial charge in [-0.1, -0.05) is 0 Å². The summed E-state index contributed by atoms with van der Waals surface area (Å²) in [7, 11) is 0. The Labute approximate surface area is 89.4 Å². The number of nitrogens with one attached hydrogen (secondary N) is 1. The predicted octanol–water partition coefficient (Wildman–Crippen LogP) is 2.50. The van der Waals surface area contributed by atoms with Crippen LogP contribution in [0.15, 0.2) is 18.3 Å². The van der Waals surface area contributed by atoms with Crippen molar-refractivity contribution in [1.82, 2.24) is 4.98 Å². The molecule has 0 saturated carbocycles. The van der Waals surface area contributed by atoms with Crippen LogP contribution >= 0.6 is 0 Å². The van der Waals surface area contributed by atoms with Gasteiger partial charge in [0.15, 0.2) is 6.61 Å². The second kappa shape index (κ2) is 4.82. The average Bonchev–Trinajstić information content (AvgIpc) is 2.14. The van der Waals surface area contributed by atoms with Crippen LogP contribution < -0.4 is 5.32 Å². The number of anilines is 1. The Morgan fingerprint density at radius 1 is 1.56 bits per heavy atom. The molecular weight excluding hydrogens is 225 g/mol. The second-order valence-corrected chi connectivity index (χ2v) is 3.00. The summed E-state index contributed by atoms with van der Waals surface area (Å²) in [6.45, 7) is 0.0785. The Morgan fingerprint density at radius 2 is 2.25 bits per heavy atom. The van der Waals surface area contributed by atoms with Gasteiger partial charge in [0.1, 0.15) is 0 Å². The summed E-state index contributed by atoms with van der Waals surface area (Å²) in [5, 5.41) is 2.15. The van der Waals surface area contributed by atoms with E-state index in [1.54, 1.807) is 6.92 Å². The van der Waals surface area contributed by atoms with Crippen molar-refractivity contribution in [2.75, 3.05) is 11.9 Å². The number of hydrogen-bond acceptors (Lipinski definition) is 3. The van der Waals surface area contributed by atoms with Crippen LogP contribution in [-0.2, 0) is 4.74 Å². The van der Waals surface area contributed by atoms with Crippen molar-refractivity contribution in [3.05, 3.63) is 24.0 Å². The van der Waals surface area contributed by atoms with Crippen LogP contribution in [0.3, 0.4) is 0 Å². The largest absolute Gasteiger partial charge is 0.440 e. The fourth-order valence-corrected chi connectivity index (χ4v) is 0.925. The number of amides is 1. The van der Waals surface area contributed by atoms with Crippen molar-refractivity contribution in [1.29, 1.82) is 0 Å². The molecule has 1 amide bonds. The highest BCUT2D eigenvalue weighted by Crippen LogP contribution is 2.15. The third-order valence-electron chi connectivity index (χ3n) is 1.51. The molecule has 0 atom stereocenters. The fourth-order valence-electron chi connectivity index (χ4n) is 0.925. The monoisotopic (exact) mass is 234 g/mol. The Kier molecular flexibility index (Phi) is 3.70. The van der Waals surface area contributed by atoms with Crippen LogP contribution in [-0.4, -0.2) is 23.9 Å². The summed E-state index contributed by atoms with van der Waals surface area (Å²) in [5.41, 5.74) is 0.966. The minimum atomic E-state index is -4.52. The van der Waals surface area contributed by atoms with E-state index in [4.69, 9.17) is 0 Å². The minimum absolute atomic E-state index is 0.333. The first kappa shape index (κ1) is 12.3. The van der Waals surface area contributed by atoms with Crippen LogP contribution in [0.25, 0.3) is 0 Å². The zero-order chi connectivity index (χ0) is 12.2. The summed E-state index contributed by atoms with van der Waals surface area (Å²) in [5.74, 6) is 0. The molecule has 0 aliphatic rings. The molecule has 16 heavy (non-hydrogen) atoms. The molecule has 0 aliphatic heterocycles. The predicted molar refractivity (Wildman–Crippen MR) is 50.0 cm³/mol. The first-order valence-corrected chi connectivity index (χ1v) is 4.30. The maximum absolute atomic E-state index is 11.7. The van der Waals surface area contributed by atoms with Crippen LogP contribution in [0, 0.1) is 6.92 Å². The van der Waals surface area contributed by atoms with E-state index in [0.717, 1.165) is 0 Å². The molecule has 0 bridgehead atoms. The Hall–Kier alpha value is -1.79. The van der Waals surface area contributed by atoms with Crippen molar-refractivity contribution >= 4 is 11.8 Å². The van der Waals surface area contributed by atoms with E-state index < -0.39 is 18.9 Å². The van der Waals surface area contributed by atoms with Gasteiger partial charge in [0.05, 0.1) is 0 Å². The van der Waals surface area contributed by atoms with Gasteiger partial charge in [0.2, 0.25) is 0 Å². The zero-order valence-electron chi connectivity index (χ0n) is 8.34. The molecule has 1 rings (SSSR count). The van der Waals surface area contributed by atoms with Gasteiger partial charge in [0, 0.05) is 17.6 Å². The van der Waals surface area contributed by atoms with Crippen molar-refractivity contribution in [3.8, 4) is 0 Å². The number of carbonyl (C=O) groups is 1. The number of alkyl halides is 3. The number of aryl methyl sites for hydroxylation is 1. The van der Waals surface area contributed by atoms with E-state index in [1.807, 2.05) is 0 Å². The highest BCUT2D eigenvalue weighted by Gasteiger charge is 2.29. The molecule has 4 nitrogen and oxygen atoms in total. The van der Waals surface area contributed by atoms with Gasteiger partial charge in [-0.3, -0.25) is 10.3 Å². The standard InChI is InChI=1S/C9H9F3N2O2/c1-6-4-7(2-3-13-6)14-8(15)16-5-9(10,11)12/h2-4H,5H2,1H3,(H,13,14,15). The van der Waals surface area contributed by atoms with E-state index in [1.165, 1.54) is 18.3 Å².